The second-order valence-electron chi connectivity index (χ2n) is 14.7. The molecule has 1 N–H and O–H groups in total. The average molecular weight is 798 g/mol. The number of aliphatic hydroxyl groups excluding tert-OH is 1. The van der Waals surface area contributed by atoms with Gasteiger partial charge < -0.3 is 43.0 Å². The summed E-state index contributed by atoms with van der Waals surface area (Å²) in [5.74, 6) is -3.38. The number of ether oxygens (including phenoxy) is 8. The van der Waals surface area contributed by atoms with E-state index in [1.165, 1.54) is 7.11 Å². The van der Waals surface area contributed by atoms with E-state index in [1.807, 2.05) is 74.5 Å². The fourth-order valence-corrected chi connectivity index (χ4v) is 7.16. The van der Waals surface area contributed by atoms with Crippen LogP contribution in [0.2, 0.25) is 0 Å². The van der Waals surface area contributed by atoms with Crippen LogP contribution < -0.4 is 0 Å². The van der Waals surface area contributed by atoms with Gasteiger partial charge in [0, 0.05) is 34.2 Å². The van der Waals surface area contributed by atoms with Crippen LogP contribution in [0.15, 0.2) is 72.8 Å². The topological polar surface area (TPSA) is 183 Å². The van der Waals surface area contributed by atoms with Crippen molar-refractivity contribution < 1.29 is 67.0 Å². The number of methoxy groups -OCH3 is 2. The lowest BCUT2D eigenvalue weighted by molar-refractivity contribution is -0.319. The highest BCUT2D eigenvalue weighted by molar-refractivity contribution is 6.05. The highest BCUT2D eigenvalue weighted by Crippen LogP contribution is 2.35. The number of carbonyl (C=O) groups excluding carboxylic acids is 5. The number of allylic oxidation sites excluding steroid dienone is 1. The summed E-state index contributed by atoms with van der Waals surface area (Å²) < 4.78 is 46.7. The number of cyclic esters (lactones) is 1. The maximum atomic E-state index is 13.7. The molecule has 0 aromatic heterocycles. The maximum absolute atomic E-state index is 13.7. The summed E-state index contributed by atoms with van der Waals surface area (Å²) in [7, 11) is 2.59. The minimum atomic E-state index is -1.79. The highest BCUT2D eigenvalue weighted by atomic mass is 16.7. The molecule has 8 atom stereocenters. The van der Waals surface area contributed by atoms with Crippen molar-refractivity contribution in [2.24, 2.45) is 5.92 Å². The normalized spacial score (nSPS) is 24.3. The minimum Gasteiger partial charge on any atom is -0.451 e. The van der Waals surface area contributed by atoms with E-state index >= 15 is 0 Å². The molecule has 2 aliphatic heterocycles. The number of amides is 2. The lowest BCUT2D eigenvalue weighted by Gasteiger charge is -2.45. The standard InChI is InChI=1S/C42H55NO14/c1-26(2)38-42(4,5)57-41(49)43(38)39(48)36(50-6)33(55-27(3)45)31(47)21-20-30(46)19-14-22-52-37-35(54-25-29-17-12-9-13-18-29)34(32(23-44)56-40(37)51-7)53-24-28-15-10-8-11-16-28/h8-13,15-18,20-21,26,32-38,40,44H,14,19,22-25H2,1-7H3/t32-,33+,34-,35+,36-,37+,38-,40+/m1/s1. The predicted octanol–water partition coefficient (Wildman–Crippen LogP) is 4.11. The largest absolute Gasteiger partial charge is 0.451 e. The van der Waals surface area contributed by atoms with Crippen LogP contribution >= 0.6 is 0 Å². The van der Waals surface area contributed by atoms with Crippen molar-refractivity contribution in [3.8, 4) is 0 Å². The quantitative estimate of drug-likeness (QED) is 0.108. The molecule has 0 bridgehead atoms. The first-order valence-corrected chi connectivity index (χ1v) is 18.9. The first-order chi connectivity index (χ1) is 27.2. The Balaban J connectivity index is 1.42. The lowest BCUT2D eigenvalue weighted by atomic mass is 9.88. The Morgan fingerprint density at radius 2 is 1.46 bits per heavy atom. The van der Waals surface area contributed by atoms with Gasteiger partial charge in [0.1, 0.15) is 30.0 Å². The zero-order valence-corrected chi connectivity index (χ0v) is 33.6. The van der Waals surface area contributed by atoms with Gasteiger partial charge in [-0.05, 0) is 49.5 Å². The van der Waals surface area contributed by atoms with Gasteiger partial charge in [0.05, 0.1) is 25.9 Å². The van der Waals surface area contributed by atoms with E-state index in [9.17, 15) is 29.1 Å². The maximum Gasteiger partial charge on any atom is 0.417 e. The van der Waals surface area contributed by atoms with E-state index < -0.39 is 84.1 Å². The molecule has 2 aromatic carbocycles. The van der Waals surface area contributed by atoms with E-state index in [-0.39, 0.29) is 45.2 Å². The molecule has 57 heavy (non-hydrogen) atoms. The van der Waals surface area contributed by atoms with E-state index in [1.54, 1.807) is 13.8 Å². The van der Waals surface area contributed by atoms with Crippen LogP contribution in [0.25, 0.3) is 0 Å². The summed E-state index contributed by atoms with van der Waals surface area (Å²) in [4.78, 5) is 65.8. The summed E-state index contributed by atoms with van der Waals surface area (Å²) in [6.07, 6.45) is -6.37. The second-order valence-corrected chi connectivity index (χ2v) is 14.7. The third-order valence-electron chi connectivity index (χ3n) is 9.64. The Kier molecular flexibility index (Phi) is 17.0. The van der Waals surface area contributed by atoms with E-state index in [4.69, 9.17) is 37.9 Å². The summed E-state index contributed by atoms with van der Waals surface area (Å²) in [6, 6.07) is 18.4. The predicted molar refractivity (Wildman–Crippen MR) is 203 cm³/mol. The molecule has 2 fully saturated rings. The number of rotatable bonds is 21. The van der Waals surface area contributed by atoms with Crippen LogP contribution in [0.3, 0.4) is 0 Å². The molecule has 0 unspecified atom stereocenters. The van der Waals surface area contributed by atoms with Gasteiger partial charge in [-0.3, -0.25) is 19.2 Å². The van der Waals surface area contributed by atoms with Gasteiger partial charge in [-0.2, -0.15) is 0 Å². The number of nitrogens with zero attached hydrogens (tertiary/aromatic N) is 1. The first-order valence-electron chi connectivity index (χ1n) is 18.9. The van der Waals surface area contributed by atoms with Crippen LogP contribution in [0.1, 0.15) is 58.6 Å². The van der Waals surface area contributed by atoms with E-state index in [0.717, 1.165) is 42.2 Å². The molecule has 2 amide bonds. The highest BCUT2D eigenvalue weighted by Gasteiger charge is 2.55. The molecule has 0 radical (unpaired) electrons. The smallest absolute Gasteiger partial charge is 0.417 e. The number of carbonyl (C=O) groups is 5. The Labute approximate surface area is 333 Å². The van der Waals surface area contributed by atoms with Crippen LogP contribution in [0.4, 0.5) is 4.79 Å². The van der Waals surface area contributed by atoms with Gasteiger partial charge in [0.15, 0.2) is 30.1 Å². The van der Waals surface area contributed by atoms with Gasteiger partial charge in [0.2, 0.25) is 0 Å². The molecule has 2 saturated heterocycles. The average Bonchev–Trinajstić information content (AvgIpc) is 3.44. The van der Waals surface area contributed by atoms with Crippen molar-refractivity contribution in [1.29, 1.82) is 0 Å². The molecular formula is C42H55NO14. The summed E-state index contributed by atoms with van der Waals surface area (Å²) in [5.41, 5.74) is 0.793. The molecule has 2 aliphatic rings. The Bertz CT molecular complexity index is 1660. The first kappa shape index (κ1) is 45.4. The fourth-order valence-electron chi connectivity index (χ4n) is 7.16. The van der Waals surface area contributed by atoms with Crippen molar-refractivity contribution >= 4 is 29.5 Å². The third kappa shape index (κ3) is 12.1. The number of aliphatic hydroxyl groups is 1. The zero-order chi connectivity index (χ0) is 41.7. The minimum absolute atomic E-state index is 0.0482. The van der Waals surface area contributed by atoms with Gasteiger partial charge in [-0.25, -0.2) is 9.69 Å². The molecular weight excluding hydrogens is 742 g/mol. The van der Waals surface area contributed by atoms with Crippen LogP contribution in [-0.4, -0.2) is 122 Å². The van der Waals surface area contributed by atoms with Crippen molar-refractivity contribution in [2.75, 3.05) is 27.4 Å². The number of esters is 1. The number of hydrogen-bond acceptors (Lipinski definition) is 14. The van der Waals surface area contributed by atoms with E-state index in [2.05, 4.69) is 0 Å². The van der Waals surface area contributed by atoms with Crippen LogP contribution in [0.5, 0.6) is 0 Å². The SMILES string of the molecule is CO[C@H]1O[C@H](CO)[C@@H](OCc2ccccc2)[C@H](OCc2ccccc2)[C@@H]1OCCCC(=O)C=CC(=O)[C@H](OC(C)=O)[C@@H](OC)C(=O)N1C(=O)OC(C)(C)[C@H]1C(C)C. The Morgan fingerprint density at radius 1 is 0.860 bits per heavy atom. The zero-order valence-electron chi connectivity index (χ0n) is 33.6. The number of imide groups is 1. The van der Waals surface area contributed by atoms with Crippen molar-refractivity contribution in [3.05, 3.63) is 83.9 Å². The Morgan fingerprint density at radius 3 is 1.98 bits per heavy atom. The van der Waals surface area contributed by atoms with Crippen molar-refractivity contribution in [1.82, 2.24) is 4.90 Å². The van der Waals surface area contributed by atoms with Crippen molar-refractivity contribution in [2.45, 2.75) is 115 Å². The lowest BCUT2D eigenvalue weighted by Crippen LogP contribution is -2.61. The van der Waals surface area contributed by atoms with Gasteiger partial charge >= 0.3 is 12.1 Å². The number of ketones is 2. The van der Waals surface area contributed by atoms with Crippen LogP contribution in [-0.2, 0) is 70.3 Å². The summed E-state index contributed by atoms with van der Waals surface area (Å²) in [5, 5.41) is 10.3. The molecule has 2 aromatic rings. The summed E-state index contributed by atoms with van der Waals surface area (Å²) >= 11 is 0. The molecule has 0 aliphatic carbocycles. The number of benzene rings is 2. The molecule has 15 heteroatoms. The Hall–Kier alpha value is -4.35. The van der Waals surface area contributed by atoms with E-state index in [0.29, 0.717) is 0 Å². The monoisotopic (exact) mass is 797 g/mol. The molecule has 0 spiro atoms. The molecule has 0 saturated carbocycles. The molecule has 15 nitrogen and oxygen atoms in total. The van der Waals surface area contributed by atoms with Crippen LogP contribution in [0, 0.1) is 5.92 Å². The second kappa shape index (κ2) is 21.4. The van der Waals surface area contributed by atoms with Gasteiger partial charge in [0.25, 0.3) is 5.91 Å². The van der Waals surface area contributed by atoms with Crippen molar-refractivity contribution in [3.63, 3.8) is 0 Å². The summed E-state index contributed by atoms with van der Waals surface area (Å²) in [6.45, 7) is 8.14. The number of hydrogen-bond donors (Lipinski definition) is 1. The van der Waals surface area contributed by atoms with Gasteiger partial charge in [-0.1, -0.05) is 74.5 Å². The molecule has 2 heterocycles. The third-order valence-corrected chi connectivity index (χ3v) is 9.64. The molecule has 312 valence electrons. The molecule has 4 rings (SSSR count). The van der Waals surface area contributed by atoms with Gasteiger partial charge in [-0.15, -0.1) is 0 Å². The fraction of sp³-hybridized carbons (Fsp3) is 0.548.